The van der Waals surface area contributed by atoms with Crippen LogP contribution in [0.15, 0.2) is 79.3 Å². The fourth-order valence-electron chi connectivity index (χ4n) is 4.39. The second-order valence-electron chi connectivity index (χ2n) is 9.99. The van der Waals surface area contributed by atoms with Crippen LogP contribution in [0.2, 0.25) is 0 Å². The molecule has 0 aliphatic heterocycles. The van der Waals surface area contributed by atoms with Crippen LogP contribution >= 0.6 is 0 Å². The van der Waals surface area contributed by atoms with Crippen LogP contribution in [0.1, 0.15) is 15.9 Å². The third kappa shape index (κ3) is 6.50. The maximum atomic E-state index is 13.2. The normalized spacial score (nSPS) is 11.6. The first-order valence-electron chi connectivity index (χ1n) is 13.1. The Labute approximate surface area is 240 Å². The summed E-state index contributed by atoms with van der Waals surface area (Å²) in [5, 5.41) is 5.85. The number of fused-ring (bicyclic) bond motifs is 1. The Morgan fingerprint density at radius 2 is 1.81 bits per heavy atom. The molecule has 5 aromatic rings. The van der Waals surface area contributed by atoms with Gasteiger partial charge in [0, 0.05) is 55.5 Å². The van der Waals surface area contributed by atoms with E-state index in [-0.39, 0.29) is 11.3 Å². The van der Waals surface area contributed by atoms with Gasteiger partial charge in [-0.15, -0.1) is 0 Å². The van der Waals surface area contributed by atoms with Crippen LogP contribution in [0.3, 0.4) is 0 Å². The number of pyridine rings is 1. The molecule has 1 amide bonds. The van der Waals surface area contributed by atoms with Gasteiger partial charge < -0.3 is 25.4 Å². The highest BCUT2D eigenvalue weighted by Gasteiger charge is 2.30. The Morgan fingerprint density at radius 1 is 0.976 bits per heavy atom. The van der Waals surface area contributed by atoms with Crippen LogP contribution in [-0.2, 0) is 6.18 Å². The molecule has 3 aromatic heterocycles. The number of amides is 1. The molecule has 5 rings (SSSR count). The molecule has 2 aromatic carbocycles. The summed E-state index contributed by atoms with van der Waals surface area (Å²) in [5.74, 6) is -0.253. The zero-order chi connectivity index (χ0) is 29.9. The monoisotopic (exact) mass is 574 g/mol. The highest BCUT2D eigenvalue weighted by molar-refractivity contribution is 6.05. The van der Waals surface area contributed by atoms with Crippen molar-refractivity contribution in [1.82, 2.24) is 24.8 Å². The van der Waals surface area contributed by atoms with E-state index in [1.54, 1.807) is 36.8 Å². The quantitative estimate of drug-likeness (QED) is 0.198. The number of aromatic nitrogens is 4. The van der Waals surface area contributed by atoms with E-state index in [9.17, 15) is 18.0 Å². The fraction of sp³-hybridized carbons (Fsp3) is 0.200. The van der Waals surface area contributed by atoms with E-state index >= 15 is 0 Å². The minimum atomic E-state index is -4.52. The van der Waals surface area contributed by atoms with Crippen molar-refractivity contribution in [2.75, 3.05) is 49.8 Å². The molecule has 0 aliphatic carbocycles. The second-order valence-corrected chi connectivity index (χ2v) is 9.99. The minimum absolute atomic E-state index is 0.0406. The molecule has 0 radical (unpaired) electrons. The van der Waals surface area contributed by atoms with Crippen molar-refractivity contribution < 1.29 is 18.0 Å². The lowest BCUT2D eigenvalue weighted by Gasteiger charge is -2.25. The number of nitrogens with zero attached hydrogens (tertiary/aromatic N) is 5. The third-order valence-corrected chi connectivity index (χ3v) is 6.59. The number of nitrogens with one attached hydrogen (secondary N) is 3. The lowest BCUT2D eigenvalue weighted by molar-refractivity contribution is -0.137. The van der Waals surface area contributed by atoms with Gasteiger partial charge in [-0.25, -0.2) is 9.97 Å². The number of carbonyl (C=O) groups excluding carboxylic acids is 1. The number of halogens is 3. The van der Waals surface area contributed by atoms with E-state index in [2.05, 4.69) is 30.5 Å². The van der Waals surface area contributed by atoms with Crippen molar-refractivity contribution in [1.29, 1.82) is 0 Å². The number of likely N-dealkylation sites (N-methyl/N-ethyl adjacent to an activating group) is 2. The summed E-state index contributed by atoms with van der Waals surface area (Å²) in [6, 6.07) is 15.1. The number of anilines is 4. The summed E-state index contributed by atoms with van der Waals surface area (Å²) >= 11 is 0. The van der Waals surface area contributed by atoms with Gasteiger partial charge in [-0.2, -0.15) is 13.2 Å². The number of aromatic amines is 1. The molecule has 0 saturated carbocycles. The highest BCUT2D eigenvalue weighted by Crippen LogP contribution is 2.33. The van der Waals surface area contributed by atoms with Crippen molar-refractivity contribution in [3.63, 3.8) is 0 Å². The number of benzene rings is 2. The maximum Gasteiger partial charge on any atom is 0.416 e. The van der Waals surface area contributed by atoms with Gasteiger partial charge in [0.1, 0.15) is 5.69 Å². The summed E-state index contributed by atoms with van der Waals surface area (Å²) in [6.07, 6.45) is 0.654. The first-order valence-corrected chi connectivity index (χ1v) is 13.1. The van der Waals surface area contributed by atoms with Gasteiger partial charge >= 0.3 is 6.18 Å². The summed E-state index contributed by atoms with van der Waals surface area (Å²) in [5.41, 5.74) is 3.68. The predicted molar refractivity (Wildman–Crippen MR) is 158 cm³/mol. The Balaban J connectivity index is 1.51. The lowest BCUT2D eigenvalue weighted by atomic mass is 10.1. The summed E-state index contributed by atoms with van der Waals surface area (Å²) in [6.45, 7) is 1.47. The second kappa shape index (κ2) is 11.9. The molecule has 9 nitrogen and oxygen atoms in total. The van der Waals surface area contributed by atoms with E-state index in [1.807, 2.05) is 44.2 Å². The van der Waals surface area contributed by atoms with Crippen molar-refractivity contribution in [3.05, 3.63) is 90.4 Å². The van der Waals surface area contributed by atoms with E-state index in [4.69, 9.17) is 4.98 Å². The Kier molecular flexibility index (Phi) is 8.07. The molecule has 216 valence electrons. The van der Waals surface area contributed by atoms with Crippen LogP contribution < -0.4 is 15.5 Å². The molecular weight excluding hydrogens is 545 g/mol. The maximum absolute atomic E-state index is 13.2. The zero-order valence-corrected chi connectivity index (χ0v) is 23.2. The number of carbonyl (C=O) groups is 1. The number of alkyl halides is 3. The SMILES string of the molecule is CN(C)CCN(C)c1ccc(C(=O)Nc2cccc(C(F)(F)F)c2)cc1Nc1nc(-c2cccnc2)c2[nH]ccc2n1. The molecule has 0 fully saturated rings. The van der Waals surface area contributed by atoms with Crippen molar-refractivity contribution >= 4 is 40.0 Å². The van der Waals surface area contributed by atoms with Gasteiger partial charge in [-0.3, -0.25) is 9.78 Å². The standard InChI is InChI=1S/C30H29F3N8O/c1-40(2)14-15-41(3)25-10-9-19(28(42)36-22-8-4-7-21(17-22)30(31,32)33)16-24(25)38-29-37-23-11-13-35-27(23)26(39-29)20-6-5-12-34-18-20/h4-13,16-18,35H,14-15H2,1-3H3,(H,36,42)(H,37,38,39). The summed E-state index contributed by atoms with van der Waals surface area (Å²) < 4.78 is 39.6. The molecule has 0 bridgehead atoms. The van der Waals surface area contributed by atoms with Crippen LogP contribution in [0.25, 0.3) is 22.3 Å². The smallest absolute Gasteiger partial charge is 0.372 e. The molecule has 0 spiro atoms. The highest BCUT2D eigenvalue weighted by atomic mass is 19.4. The molecule has 3 heterocycles. The molecule has 0 unspecified atom stereocenters. The molecule has 42 heavy (non-hydrogen) atoms. The van der Waals surface area contributed by atoms with Gasteiger partial charge in [0.05, 0.1) is 28.0 Å². The summed E-state index contributed by atoms with van der Waals surface area (Å²) in [4.78, 5) is 34.1. The Hall–Kier alpha value is -4.97. The average molecular weight is 575 g/mol. The minimum Gasteiger partial charge on any atom is -0.372 e. The van der Waals surface area contributed by atoms with Crippen molar-refractivity contribution in [2.24, 2.45) is 0 Å². The lowest BCUT2D eigenvalue weighted by Crippen LogP contribution is -2.29. The molecule has 0 aliphatic rings. The van der Waals surface area contributed by atoms with E-state index in [1.165, 1.54) is 12.1 Å². The zero-order valence-electron chi connectivity index (χ0n) is 23.2. The molecule has 12 heteroatoms. The van der Waals surface area contributed by atoms with Crippen LogP contribution in [-0.4, -0.2) is 65.0 Å². The van der Waals surface area contributed by atoms with Gasteiger partial charge in [-0.1, -0.05) is 6.07 Å². The van der Waals surface area contributed by atoms with Gasteiger partial charge in [0.25, 0.3) is 5.91 Å². The number of H-pyrrole nitrogens is 1. The largest absolute Gasteiger partial charge is 0.416 e. The van der Waals surface area contributed by atoms with Gasteiger partial charge in [-0.05, 0) is 68.7 Å². The first-order chi connectivity index (χ1) is 20.1. The Morgan fingerprint density at radius 3 is 2.55 bits per heavy atom. The topological polar surface area (TPSA) is 102 Å². The predicted octanol–water partition coefficient (Wildman–Crippen LogP) is 6.03. The number of hydrogen-bond acceptors (Lipinski definition) is 7. The Bertz CT molecular complexity index is 1700. The van der Waals surface area contributed by atoms with Crippen LogP contribution in [0.5, 0.6) is 0 Å². The van der Waals surface area contributed by atoms with Crippen LogP contribution in [0, 0.1) is 0 Å². The van der Waals surface area contributed by atoms with Crippen LogP contribution in [0.4, 0.5) is 36.2 Å². The summed E-state index contributed by atoms with van der Waals surface area (Å²) in [7, 11) is 5.89. The molecule has 3 N–H and O–H groups in total. The van der Waals surface area contributed by atoms with E-state index < -0.39 is 17.6 Å². The molecule has 0 saturated heterocycles. The van der Waals surface area contributed by atoms with Crippen molar-refractivity contribution in [3.8, 4) is 11.3 Å². The van der Waals surface area contributed by atoms with E-state index in [0.29, 0.717) is 29.4 Å². The van der Waals surface area contributed by atoms with Crippen molar-refractivity contribution in [2.45, 2.75) is 6.18 Å². The average Bonchev–Trinajstić information content (AvgIpc) is 3.44. The fourth-order valence-corrected chi connectivity index (χ4v) is 4.39. The van der Waals surface area contributed by atoms with Gasteiger partial charge in [0.2, 0.25) is 5.95 Å². The van der Waals surface area contributed by atoms with Gasteiger partial charge in [0.15, 0.2) is 0 Å². The number of rotatable bonds is 9. The van der Waals surface area contributed by atoms with E-state index in [0.717, 1.165) is 35.4 Å². The molecule has 0 atom stereocenters. The first kappa shape index (κ1) is 28.6. The number of hydrogen-bond donors (Lipinski definition) is 3. The molecular formula is C30H29F3N8O. The third-order valence-electron chi connectivity index (χ3n) is 6.59.